The topological polar surface area (TPSA) is 75.5 Å². The second-order valence-corrected chi connectivity index (χ2v) is 7.28. The van der Waals surface area contributed by atoms with E-state index in [1.54, 1.807) is 16.7 Å². The minimum atomic E-state index is -0.304. The van der Waals surface area contributed by atoms with Crippen molar-refractivity contribution in [1.29, 1.82) is 0 Å². The smallest absolute Gasteiger partial charge is 0.287 e. The van der Waals surface area contributed by atoms with Crippen LogP contribution in [0.2, 0.25) is 0 Å². The van der Waals surface area contributed by atoms with E-state index in [4.69, 9.17) is 0 Å². The molecule has 1 aromatic carbocycles. The Hall–Kier alpha value is -3.15. The highest BCUT2D eigenvalue weighted by Crippen LogP contribution is 2.16. The van der Waals surface area contributed by atoms with Gasteiger partial charge in [0.05, 0.1) is 11.6 Å². The molecule has 146 valence electrons. The lowest BCUT2D eigenvalue weighted by molar-refractivity contribution is 0.0937. The fourth-order valence-electron chi connectivity index (χ4n) is 3.01. The molecule has 0 radical (unpaired) electrons. The summed E-state index contributed by atoms with van der Waals surface area (Å²) in [6.45, 7) is 6.71. The molecule has 0 saturated carbocycles. The van der Waals surface area contributed by atoms with E-state index >= 15 is 0 Å². The van der Waals surface area contributed by atoms with Crippen molar-refractivity contribution in [3.8, 4) is 0 Å². The van der Waals surface area contributed by atoms with Gasteiger partial charge in [-0.05, 0) is 37.0 Å². The molecule has 0 aliphatic carbocycles. The molecule has 2 aromatic heterocycles. The number of hydrogen-bond acceptors (Lipinski definition) is 3. The highest BCUT2D eigenvalue weighted by molar-refractivity contribution is 6.02. The number of rotatable bonds is 7. The maximum Gasteiger partial charge on any atom is 0.287 e. The molecule has 28 heavy (non-hydrogen) atoms. The van der Waals surface area contributed by atoms with Gasteiger partial charge in [-0.1, -0.05) is 50.2 Å². The highest BCUT2D eigenvalue weighted by atomic mass is 16.2. The summed E-state index contributed by atoms with van der Waals surface area (Å²) >= 11 is 0. The molecule has 0 fully saturated rings. The van der Waals surface area contributed by atoms with Crippen LogP contribution >= 0.6 is 0 Å². The number of hydrogen-bond donors (Lipinski definition) is 2. The average molecular weight is 378 g/mol. The standard InChI is InChI=1S/C22H26N4O2/c1-15(2)12-13-23-22(28)20-25-19(18-11-7-8-14-26(18)20)21(27)24-16(3)17-9-5-4-6-10-17/h4-11,14-16H,12-13H2,1-3H3,(H,23,28)(H,24,27). The van der Waals surface area contributed by atoms with Crippen LogP contribution in [0.25, 0.3) is 5.52 Å². The molecule has 0 spiro atoms. The van der Waals surface area contributed by atoms with E-state index in [1.807, 2.05) is 49.4 Å². The lowest BCUT2D eigenvalue weighted by Crippen LogP contribution is -2.28. The van der Waals surface area contributed by atoms with Crippen LogP contribution in [0.1, 0.15) is 59.9 Å². The molecular formula is C22H26N4O2. The predicted molar refractivity (Wildman–Crippen MR) is 109 cm³/mol. The lowest BCUT2D eigenvalue weighted by atomic mass is 10.1. The van der Waals surface area contributed by atoms with Gasteiger partial charge >= 0.3 is 0 Å². The Bertz CT molecular complexity index is 963. The first kappa shape index (κ1) is 19.6. The molecule has 0 aliphatic heterocycles. The first-order chi connectivity index (χ1) is 13.5. The van der Waals surface area contributed by atoms with Crippen molar-refractivity contribution in [3.63, 3.8) is 0 Å². The Labute approximate surface area is 165 Å². The van der Waals surface area contributed by atoms with Crippen LogP contribution in [0, 0.1) is 5.92 Å². The summed E-state index contributed by atoms with van der Waals surface area (Å²) in [5.74, 6) is 0.133. The maximum absolute atomic E-state index is 12.9. The summed E-state index contributed by atoms with van der Waals surface area (Å²) < 4.78 is 1.66. The van der Waals surface area contributed by atoms with E-state index in [1.165, 1.54) is 0 Å². The largest absolute Gasteiger partial charge is 0.349 e. The summed E-state index contributed by atoms with van der Waals surface area (Å²) in [7, 11) is 0. The van der Waals surface area contributed by atoms with Crippen LogP contribution in [0.4, 0.5) is 0 Å². The predicted octanol–water partition coefficient (Wildman–Crippen LogP) is 3.60. The van der Waals surface area contributed by atoms with E-state index in [2.05, 4.69) is 29.5 Å². The molecule has 2 N–H and O–H groups in total. The van der Waals surface area contributed by atoms with Gasteiger partial charge in [-0.3, -0.25) is 14.0 Å². The number of nitrogens with zero attached hydrogens (tertiary/aromatic N) is 2. The minimum absolute atomic E-state index is 0.169. The fourth-order valence-corrected chi connectivity index (χ4v) is 3.01. The first-order valence-electron chi connectivity index (χ1n) is 9.58. The van der Waals surface area contributed by atoms with Gasteiger partial charge in [-0.25, -0.2) is 4.98 Å². The lowest BCUT2D eigenvalue weighted by Gasteiger charge is -2.13. The highest BCUT2D eigenvalue weighted by Gasteiger charge is 2.22. The first-order valence-corrected chi connectivity index (χ1v) is 9.58. The van der Waals surface area contributed by atoms with E-state index < -0.39 is 0 Å². The monoisotopic (exact) mass is 378 g/mol. The summed E-state index contributed by atoms with van der Waals surface area (Å²) in [5.41, 5.74) is 1.86. The van der Waals surface area contributed by atoms with Crippen LogP contribution < -0.4 is 10.6 Å². The number of nitrogens with one attached hydrogen (secondary N) is 2. The van der Waals surface area contributed by atoms with Crippen molar-refractivity contribution in [2.24, 2.45) is 5.92 Å². The van der Waals surface area contributed by atoms with Gasteiger partial charge in [-0.2, -0.15) is 0 Å². The van der Waals surface area contributed by atoms with Crippen LogP contribution in [-0.4, -0.2) is 27.7 Å². The Balaban J connectivity index is 1.83. The van der Waals surface area contributed by atoms with E-state index in [-0.39, 0.29) is 29.4 Å². The quantitative estimate of drug-likeness (QED) is 0.660. The van der Waals surface area contributed by atoms with E-state index in [9.17, 15) is 9.59 Å². The number of fused-ring (bicyclic) bond motifs is 1. The van der Waals surface area contributed by atoms with Gasteiger partial charge < -0.3 is 10.6 Å². The van der Waals surface area contributed by atoms with Crippen molar-refractivity contribution >= 4 is 17.3 Å². The molecule has 2 amide bonds. The molecule has 0 aliphatic rings. The molecule has 0 bridgehead atoms. The van der Waals surface area contributed by atoms with Crippen molar-refractivity contribution in [2.75, 3.05) is 6.54 Å². The van der Waals surface area contributed by atoms with Crippen molar-refractivity contribution in [2.45, 2.75) is 33.2 Å². The Morgan fingerprint density at radius 1 is 1.00 bits per heavy atom. The van der Waals surface area contributed by atoms with Gasteiger partial charge in [0.1, 0.15) is 0 Å². The molecule has 1 atom stereocenters. The number of carbonyl (C=O) groups is 2. The van der Waals surface area contributed by atoms with Crippen molar-refractivity contribution in [3.05, 3.63) is 71.8 Å². The minimum Gasteiger partial charge on any atom is -0.349 e. The van der Waals surface area contributed by atoms with E-state index in [0.29, 0.717) is 18.0 Å². The molecule has 6 heteroatoms. The van der Waals surface area contributed by atoms with Crippen LogP contribution in [0.3, 0.4) is 0 Å². The normalized spacial score (nSPS) is 12.1. The second-order valence-electron chi connectivity index (χ2n) is 7.28. The van der Waals surface area contributed by atoms with Crippen LogP contribution in [-0.2, 0) is 0 Å². The number of imidazole rings is 1. The Kier molecular flexibility index (Phi) is 6.09. The summed E-state index contributed by atoms with van der Waals surface area (Å²) in [5, 5.41) is 5.86. The zero-order chi connectivity index (χ0) is 20.1. The van der Waals surface area contributed by atoms with E-state index in [0.717, 1.165) is 12.0 Å². The summed E-state index contributed by atoms with van der Waals surface area (Å²) in [6.07, 6.45) is 2.63. The third kappa shape index (κ3) is 4.39. The van der Waals surface area contributed by atoms with Gasteiger partial charge in [-0.15, -0.1) is 0 Å². The Morgan fingerprint density at radius 3 is 2.43 bits per heavy atom. The van der Waals surface area contributed by atoms with Crippen molar-refractivity contribution < 1.29 is 9.59 Å². The molecule has 1 unspecified atom stereocenters. The number of aromatic nitrogens is 2. The average Bonchev–Trinajstić information content (AvgIpc) is 3.08. The molecule has 0 saturated heterocycles. The van der Waals surface area contributed by atoms with Gasteiger partial charge in [0, 0.05) is 12.7 Å². The third-order valence-electron chi connectivity index (χ3n) is 4.62. The molecule has 6 nitrogen and oxygen atoms in total. The number of benzene rings is 1. The third-order valence-corrected chi connectivity index (χ3v) is 4.62. The molecule has 3 rings (SSSR count). The van der Waals surface area contributed by atoms with Crippen LogP contribution in [0.15, 0.2) is 54.7 Å². The SMILES string of the molecule is CC(C)CCNC(=O)c1nc(C(=O)NC(C)c2ccccc2)c2ccccn12. The second kappa shape index (κ2) is 8.69. The van der Waals surface area contributed by atoms with Gasteiger partial charge in [0.25, 0.3) is 11.8 Å². The van der Waals surface area contributed by atoms with Gasteiger partial charge in [0.2, 0.25) is 5.82 Å². The molecule has 3 aromatic rings. The zero-order valence-electron chi connectivity index (χ0n) is 16.5. The molecule has 2 heterocycles. The van der Waals surface area contributed by atoms with Crippen LogP contribution in [0.5, 0.6) is 0 Å². The van der Waals surface area contributed by atoms with Gasteiger partial charge in [0.15, 0.2) is 5.69 Å². The molecular weight excluding hydrogens is 352 g/mol. The van der Waals surface area contributed by atoms with Crippen molar-refractivity contribution in [1.82, 2.24) is 20.0 Å². The summed E-state index contributed by atoms with van der Waals surface area (Å²) in [6, 6.07) is 15.0. The number of pyridine rings is 1. The number of carbonyl (C=O) groups excluding carboxylic acids is 2. The maximum atomic E-state index is 12.9. The summed E-state index contributed by atoms with van der Waals surface area (Å²) in [4.78, 5) is 29.8. The fraction of sp³-hybridized carbons (Fsp3) is 0.318. The number of amides is 2. The Morgan fingerprint density at radius 2 is 1.71 bits per heavy atom. The zero-order valence-corrected chi connectivity index (χ0v) is 16.5.